The molecule has 0 bridgehead atoms. The van der Waals surface area contributed by atoms with Crippen LogP contribution in [-0.4, -0.2) is 26.1 Å². The van der Waals surface area contributed by atoms with Gasteiger partial charge in [-0.15, -0.1) is 0 Å². The van der Waals surface area contributed by atoms with Crippen LogP contribution in [0.25, 0.3) is 5.69 Å². The van der Waals surface area contributed by atoms with Gasteiger partial charge in [-0.25, -0.2) is 0 Å². The Bertz CT molecular complexity index is 1010. The average Bonchev–Trinajstić information content (AvgIpc) is 3.18. The molecule has 2 atom stereocenters. The lowest BCUT2D eigenvalue weighted by molar-refractivity contribution is 0.329. The zero-order valence-electron chi connectivity index (χ0n) is 16.2. The Morgan fingerprint density at radius 1 is 1.14 bits per heavy atom. The Labute approximate surface area is 176 Å². The van der Waals surface area contributed by atoms with E-state index in [0.29, 0.717) is 0 Å². The first-order chi connectivity index (χ1) is 13.5. The molecule has 1 saturated heterocycles. The molecule has 4 rings (SSSR count). The Balaban J connectivity index is 1.85. The molecular formula is C22H23ClN4S. The second kappa shape index (κ2) is 7.57. The predicted molar refractivity (Wildman–Crippen MR) is 118 cm³/mol. The van der Waals surface area contributed by atoms with Crippen LogP contribution in [0.15, 0.2) is 54.7 Å². The summed E-state index contributed by atoms with van der Waals surface area (Å²) in [7, 11) is 0. The molecule has 4 nitrogen and oxygen atoms in total. The maximum Gasteiger partial charge on any atom is 0.170 e. The van der Waals surface area contributed by atoms with Gasteiger partial charge in [-0.05, 0) is 68.9 Å². The van der Waals surface area contributed by atoms with E-state index in [-0.39, 0.29) is 12.1 Å². The van der Waals surface area contributed by atoms with Gasteiger partial charge in [-0.1, -0.05) is 29.8 Å². The van der Waals surface area contributed by atoms with Crippen molar-refractivity contribution in [1.82, 2.24) is 19.8 Å². The number of pyridine rings is 1. The van der Waals surface area contributed by atoms with Gasteiger partial charge in [0, 0.05) is 24.1 Å². The van der Waals surface area contributed by atoms with Gasteiger partial charge in [0.05, 0.1) is 28.5 Å². The SMILES string of the molecule is CCN1C(=S)N[C@@H](c2ccccn2)[C@H]1c1cc(C)n(-c2ccccc2Cl)c1C. The van der Waals surface area contributed by atoms with Crippen LogP contribution >= 0.6 is 23.8 Å². The summed E-state index contributed by atoms with van der Waals surface area (Å²) in [4.78, 5) is 6.84. The highest BCUT2D eigenvalue weighted by molar-refractivity contribution is 7.80. The third-order valence-electron chi connectivity index (χ3n) is 5.42. The van der Waals surface area contributed by atoms with E-state index < -0.39 is 0 Å². The smallest absolute Gasteiger partial charge is 0.170 e. The third-order valence-corrected chi connectivity index (χ3v) is 6.09. The van der Waals surface area contributed by atoms with Gasteiger partial charge in [-0.2, -0.15) is 0 Å². The molecule has 0 spiro atoms. The van der Waals surface area contributed by atoms with Crippen LogP contribution in [0.1, 0.15) is 41.7 Å². The summed E-state index contributed by atoms with van der Waals surface area (Å²) in [6, 6.07) is 16.3. The first-order valence-corrected chi connectivity index (χ1v) is 10.2. The van der Waals surface area contributed by atoms with Crippen molar-refractivity contribution < 1.29 is 0 Å². The molecule has 0 saturated carbocycles. The minimum Gasteiger partial charge on any atom is -0.352 e. The molecule has 1 fully saturated rings. The van der Waals surface area contributed by atoms with Crippen molar-refractivity contribution >= 4 is 28.9 Å². The lowest BCUT2D eigenvalue weighted by atomic mass is 9.97. The molecule has 3 aromatic rings. The van der Waals surface area contributed by atoms with Crippen LogP contribution in [-0.2, 0) is 0 Å². The minimum absolute atomic E-state index is 0.00819. The largest absolute Gasteiger partial charge is 0.352 e. The molecule has 1 aromatic carbocycles. The van der Waals surface area contributed by atoms with Crippen molar-refractivity contribution in [3.8, 4) is 5.69 Å². The Morgan fingerprint density at radius 2 is 1.89 bits per heavy atom. The quantitative estimate of drug-likeness (QED) is 0.604. The number of thiocarbonyl (C=S) groups is 1. The molecule has 0 aliphatic carbocycles. The van der Waals surface area contributed by atoms with Crippen molar-refractivity contribution in [3.63, 3.8) is 0 Å². The molecule has 6 heteroatoms. The van der Waals surface area contributed by atoms with E-state index in [1.165, 1.54) is 11.3 Å². The highest BCUT2D eigenvalue weighted by Crippen LogP contribution is 2.41. The molecule has 1 aliphatic heterocycles. The topological polar surface area (TPSA) is 33.1 Å². The van der Waals surface area contributed by atoms with E-state index in [0.717, 1.165) is 33.8 Å². The third kappa shape index (κ3) is 3.09. The zero-order chi connectivity index (χ0) is 19.8. The number of rotatable bonds is 4. The second-order valence-electron chi connectivity index (χ2n) is 7.03. The van der Waals surface area contributed by atoms with E-state index in [1.54, 1.807) is 0 Å². The molecule has 1 aliphatic rings. The van der Waals surface area contributed by atoms with Crippen molar-refractivity contribution in [3.05, 3.63) is 82.4 Å². The number of hydrogen-bond donors (Lipinski definition) is 1. The summed E-state index contributed by atoms with van der Waals surface area (Å²) >= 11 is 12.2. The van der Waals surface area contributed by atoms with Gasteiger partial charge < -0.3 is 14.8 Å². The molecule has 2 aromatic heterocycles. The fourth-order valence-corrected chi connectivity index (χ4v) is 4.77. The van der Waals surface area contributed by atoms with E-state index >= 15 is 0 Å². The van der Waals surface area contributed by atoms with Crippen LogP contribution in [0.3, 0.4) is 0 Å². The van der Waals surface area contributed by atoms with E-state index in [9.17, 15) is 0 Å². The van der Waals surface area contributed by atoms with E-state index in [2.05, 4.69) is 58.7 Å². The number of benzene rings is 1. The molecule has 0 unspecified atom stereocenters. The molecule has 0 radical (unpaired) electrons. The fraction of sp³-hybridized carbons (Fsp3) is 0.273. The maximum absolute atomic E-state index is 6.50. The van der Waals surface area contributed by atoms with Crippen LogP contribution in [0.5, 0.6) is 0 Å². The molecule has 0 amide bonds. The summed E-state index contributed by atoms with van der Waals surface area (Å²) in [5, 5.41) is 5.00. The Morgan fingerprint density at radius 3 is 2.57 bits per heavy atom. The summed E-state index contributed by atoms with van der Waals surface area (Å²) < 4.78 is 2.22. The predicted octanol–water partition coefficient (Wildman–Crippen LogP) is 5.13. The highest BCUT2D eigenvalue weighted by atomic mass is 35.5. The number of nitrogens with one attached hydrogen (secondary N) is 1. The number of nitrogens with zero attached hydrogens (tertiary/aromatic N) is 3. The lowest BCUT2D eigenvalue weighted by Crippen LogP contribution is -2.29. The standard InChI is InChI=1S/C22H23ClN4S/c1-4-26-21(20(25-22(26)28)18-10-7-8-12-24-18)16-13-14(2)27(15(16)3)19-11-6-5-9-17(19)23/h5-13,20-21H,4H2,1-3H3,(H,25,28)/t20-,21+/m0/s1. The number of aryl methyl sites for hydroxylation is 1. The monoisotopic (exact) mass is 410 g/mol. The average molecular weight is 411 g/mol. The van der Waals surface area contributed by atoms with E-state index in [4.69, 9.17) is 23.8 Å². The number of para-hydroxylation sites is 1. The van der Waals surface area contributed by atoms with Crippen molar-refractivity contribution in [2.24, 2.45) is 0 Å². The van der Waals surface area contributed by atoms with E-state index in [1.807, 2.05) is 36.5 Å². The molecule has 28 heavy (non-hydrogen) atoms. The van der Waals surface area contributed by atoms with Crippen molar-refractivity contribution in [2.45, 2.75) is 32.9 Å². The fourth-order valence-electron chi connectivity index (χ4n) is 4.18. The van der Waals surface area contributed by atoms with Gasteiger partial charge in [-0.3, -0.25) is 4.98 Å². The molecule has 144 valence electrons. The lowest BCUT2D eigenvalue weighted by Gasteiger charge is -2.27. The van der Waals surface area contributed by atoms with Gasteiger partial charge in [0.25, 0.3) is 0 Å². The normalized spacial score (nSPS) is 19.1. The molecule has 1 N–H and O–H groups in total. The number of halogens is 1. The van der Waals surface area contributed by atoms with Gasteiger partial charge in [0.2, 0.25) is 0 Å². The summed E-state index contributed by atoms with van der Waals surface area (Å²) in [6.45, 7) is 7.23. The van der Waals surface area contributed by atoms with Crippen LogP contribution in [0, 0.1) is 13.8 Å². The van der Waals surface area contributed by atoms with Crippen LogP contribution in [0.4, 0.5) is 0 Å². The Kier molecular flexibility index (Phi) is 5.13. The van der Waals surface area contributed by atoms with Crippen molar-refractivity contribution in [1.29, 1.82) is 0 Å². The van der Waals surface area contributed by atoms with Gasteiger partial charge in [0.15, 0.2) is 5.11 Å². The second-order valence-corrected chi connectivity index (χ2v) is 7.82. The minimum atomic E-state index is 0.00819. The van der Waals surface area contributed by atoms with Crippen LogP contribution in [0.2, 0.25) is 5.02 Å². The zero-order valence-corrected chi connectivity index (χ0v) is 17.8. The summed E-state index contributed by atoms with van der Waals surface area (Å²) in [5.41, 5.74) is 5.54. The highest BCUT2D eigenvalue weighted by Gasteiger charge is 2.40. The summed E-state index contributed by atoms with van der Waals surface area (Å²) in [6.07, 6.45) is 1.83. The maximum atomic E-state index is 6.50. The Hall–Kier alpha value is -2.37. The van der Waals surface area contributed by atoms with Crippen molar-refractivity contribution in [2.75, 3.05) is 6.54 Å². The number of aromatic nitrogens is 2. The van der Waals surface area contributed by atoms with Crippen LogP contribution < -0.4 is 5.32 Å². The number of likely N-dealkylation sites (N-methyl/N-ethyl adjacent to an activating group) is 1. The van der Waals surface area contributed by atoms with Gasteiger partial charge in [0.1, 0.15) is 0 Å². The summed E-state index contributed by atoms with van der Waals surface area (Å²) in [5.74, 6) is 0. The number of hydrogen-bond acceptors (Lipinski definition) is 2. The first-order valence-electron chi connectivity index (χ1n) is 9.44. The molecule has 3 heterocycles. The molecular weight excluding hydrogens is 388 g/mol. The first kappa shape index (κ1) is 19.0. The van der Waals surface area contributed by atoms with Gasteiger partial charge >= 0.3 is 0 Å².